The van der Waals surface area contributed by atoms with E-state index in [1.807, 2.05) is 32.0 Å². The minimum absolute atomic E-state index is 0.0295. The van der Waals surface area contributed by atoms with Gasteiger partial charge in [0.15, 0.2) is 5.43 Å². The van der Waals surface area contributed by atoms with Crippen molar-refractivity contribution >= 4 is 16.8 Å². The maximum Gasteiger partial charge on any atom is 0.239 e. The molecule has 1 amide bonds. The summed E-state index contributed by atoms with van der Waals surface area (Å²) in [6.07, 6.45) is 2.66. The van der Waals surface area contributed by atoms with Crippen LogP contribution >= 0.6 is 0 Å². The zero-order valence-electron chi connectivity index (χ0n) is 13.0. The van der Waals surface area contributed by atoms with Crippen LogP contribution in [0, 0.1) is 0 Å². The number of hydrogen-bond acceptors (Lipinski definition) is 3. The second-order valence-electron chi connectivity index (χ2n) is 5.45. The van der Waals surface area contributed by atoms with Gasteiger partial charge >= 0.3 is 0 Å². The lowest BCUT2D eigenvalue weighted by atomic mass is 10.2. The Balaban J connectivity index is 1.92. The van der Waals surface area contributed by atoms with Gasteiger partial charge in [-0.25, -0.2) is 0 Å². The van der Waals surface area contributed by atoms with Crippen molar-refractivity contribution in [1.82, 2.24) is 9.88 Å². The number of nitrogens with one attached hydrogen (secondary N) is 1. The van der Waals surface area contributed by atoms with Crippen LogP contribution in [0.25, 0.3) is 10.9 Å². The third kappa shape index (κ3) is 4.43. The van der Waals surface area contributed by atoms with Gasteiger partial charge in [-0.15, -0.1) is 0 Å². The Kier molecular flexibility index (Phi) is 5.72. The first-order valence-corrected chi connectivity index (χ1v) is 7.54. The summed E-state index contributed by atoms with van der Waals surface area (Å²) < 4.78 is 7.21. The van der Waals surface area contributed by atoms with Gasteiger partial charge in [-0.2, -0.15) is 0 Å². The Bertz CT molecular complexity index is 692. The predicted octanol–water partition coefficient (Wildman–Crippen LogP) is 1.93. The monoisotopic (exact) mass is 302 g/mol. The summed E-state index contributed by atoms with van der Waals surface area (Å²) in [6.45, 7) is 5.40. The molecule has 0 radical (unpaired) electrons. The van der Waals surface area contributed by atoms with Crippen molar-refractivity contribution < 1.29 is 9.53 Å². The zero-order chi connectivity index (χ0) is 15.9. The number of rotatable bonds is 7. The molecule has 118 valence electrons. The quantitative estimate of drug-likeness (QED) is 0.795. The van der Waals surface area contributed by atoms with Gasteiger partial charge in [-0.3, -0.25) is 9.59 Å². The molecule has 5 nitrogen and oxygen atoms in total. The van der Waals surface area contributed by atoms with Crippen LogP contribution in [0.1, 0.15) is 20.3 Å². The summed E-state index contributed by atoms with van der Waals surface area (Å²) >= 11 is 0. The van der Waals surface area contributed by atoms with E-state index in [-0.39, 0.29) is 24.0 Å². The molecule has 0 saturated carbocycles. The van der Waals surface area contributed by atoms with E-state index in [2.05, 4.69) is 5.32 Å². The van der Waals surface area contributed by atoms with Gasteiger partial charge in [-0.1, -0.05) is 12.1 Å². The third-order valence-corrected chi connectivity index (χ3v) is 3.29. The molecule has 5 heteroatoms. The maximum absolute atomic E-state index is 12.0. The van der Waals surface area contributed by atoms with Crippen LogP contribution in [0.15, 0.2) is 41.3 Å². The lowest BCUT2D eigenvalue weighted by Gasteiger charge is -2.11. The normalized spacial score (nSPS) is 11.0. The average Bonchev–Trinajstić information content (AvgIpc) is 2.50. The van der Waals surface area contributed by atoms with Crippen molar-refractivity contribution in [3.05, 3.63) is 46.8 Å². The number of benzene rings is 1. The van der Waals surface area contributed by atoms with Crippen molar-refractivity contribution in [2.24, 2.45) is 0 Å². The van der Waals surface area contributed by atoms with Crippen molar-refractivity contribution in [3.63, 3.8) is 0 Å². The van der Waals surface area contributed by atoms with Gasteiger partial charge in [0.25, 0.3) is 0 Å². The van der Waals surface area contributed by atoms with Crippen molar-refractivity contribution in [3.8, 4) is 0 Å². The molecule has 0 aliphatic carbocycles. The number of pyridine rings is 1. The fourth-order valence-corrected chi connectivity index (χ4v) is 2.23. The highest BCUT2D eigenvalue weighted by Crippen LogP contribution is 2.09. The molecule has 1 heterocycles. The molecule has 2 rings (SSSR count). The highest BCUT2D eigenvalue weighted by molar-refractivity contribution is 5.82. The van der Waals surface area contributed by atoms with Gasteiger partial charge in [0.05, 0.1) is 11.6 Å². The van der Waals surface area contributed by atoms with E-state index in [4.69, 9.17) is 4.74 Å². The maximum atomic E-state index is 12.0. The molecule has 1 aromatic heterocycles. The standard InChI is InChI=1S/C17H22N2O3/c1-13(2)22-11-5-9-18-17(21)12-19-10-8-16(20)14-6-3-4-7-15(14)19/h3-4,6-8,10,13H,5,9,11-12H2,1-2H3,(H,18,21). The van der Waals surface area contributed by atoms with Crippen LogP contribution in [0.3, 0.4) is 0 Å². The van der Waals surface area contributed by atoms with Crippen LogP contribution < -0.4 is 10.7 Å². The Labute approximate surface area is 129 Å². The number of carbonyl (C=O) groups is 1. The third-order valence-electron chi connectivity index (χ3n) is 3.29. The van der Waals surface area contributed by atoms with Crippen molar-refractivity contribution in [2.45, 2.75) is 32.9 Å². The number of para-hydroxylation sites is 1. The van der Waals surface area contributed by atoms with E-state index in [0.29, 0.717) is 18.5 Å². The van der Waals surface area contributed by atoms with Crippen LogP contribution in [-0.2, 0) is 16.1 Å². The lowest BCUT2D eigenvalue weighted by Crippen LogP contribution is -2.29. The van der Waals surface area contributed by atoms with Crippen molar-refractivity contribution in [2.75, 3.05) is 13.2 Å². The SMILES string of the molecule is CC(C)OCCCNC(=O)Cn1ccc(=O)c2ccccc21. The number of carbonyl (C=O) groups excluding carboxylic acids is 1. The lowest BCUT2D eigenvalue weighted by molar-refractivity contribution is -0.121. The highest BCUT2D eigenvalue weighted by atomic mass is 16.5. The molecule has 0 aliphatic rings. The predicted molar refractivity (Wildman–Crippen MR) is 86.9 cm³/mol. The first-order chi connectivity index (χ1) is 10.6. The molecule has 0 unspecified atom stereocenters. The molecule has 1 aromatic carbocycles. The Morgan fingerprint density at radius 1 is 1.27 bits per heavy atom. The second-order valence-corrected chi connectivity index (χ2v) is 5.45. The fraction of sp³-hybridized carbons (Fsp3) is 0.412. The molecule has 0 spiro atoms. The largest absolute Gasteiger partial charge is 0.379 e. The highest BCUT2D eigenvalue weighted by Gasteiger charge is 2.06. The number of amides is 1. The smallest absolute Gasteiger partial charge is 0.239 e. The van der Waals surface area contributed by atoms with Gasteiger partial charge in [-0.05, 0) is 32.4 Å². The number of aromatic nitrogens is 1. The molecule has 2 aromatic rings. The van der Waals surface area contributed by atoms with Crippen LogP contribution in [0.4, 0.5) is 0 Å². The summed E-state index contributed by atoms with van der Waals surface area (Å²) in [5.41, 5.74) is 0.742. The van der Waals surface area contributed by atoms with E-state index in [1.165, 1.54) is 6.07 Å². The molecule has 0 saturated heterocycles. The van der Waals surface area contributed by atoms with E-state index < -0.39 is 0 Å². The summed E-state index contributed by atoms with van der Waals surface area (Å²) in [6, 6.07) is 8.80. The Morgan fingerprint density at radius 2 is 2.05 bits per heavy atom. The molecule has 0 aliphatic heterocycles. The number of hydrogen-bond donors (Lipinski definition) is 1. The first-order valence-electron chi connectivity index (χ1n) is 7.54. The van der Waals surface area contributed by atoms with Crippen molar-refractivity contribution in [1.29, 1.82) is 0 Å². The molecule has 1 N–H and O–H groups in total. The first kappa shape index (κ1) is 16.2. The minimum Gasteiger partial charge on any atom is -0.379 e. The molecular formula is C17H22N2O3. The van der Waals surface area contributed by atoms with E-state index >= 15 is 0 Å². The molecular weight excluding hydrogens is 280 g/mol. The summed E-state index contributed by atoms with van der Waals surface area (Å²) in [4.78, 5) is 23.8. The van der Waals surface area contributed by atoms with Gasteiger partial charge in [0.2, 0.25) is 5.91 Å². The average molecular weight is 302 g/mol. The molecule has 0 bridgehead atoms. The summed E-state index contributed by atoms with van der Waals surface area (Å²) in [7, 11) is 0. The topological polar surface area (TPSA) is 60.3 Å². The summed E-state index contributed by atoms with van der Waals surface area (Å²) in [5, 5.41) is 3.49. The van der Waals surface area contributed by atoms with Gasteiger partial charge < -0.3 is 14.6 Å². The molecule has 0 atom stereocenters. The van der Waals surface area contributed by atoms with Gasteiger partial charge in [0, 0.05) is 30.8 Å². The van der Waals surface area contributed by atoms with Crippen LogP contribution in [0.5, 0.6) is 0 Å². The molecule has 22 heavy (non-hydrogen) atoms. The summed E-state index contributed by atoms with van der Waals surface area (Å²) in [5.74, 6) is -0.0710. The van der Waals surface area contributed by atoms with E-state index in [0.717, 1.165) is 11.9 Å². The molecule has 0 fully saturated rings. The van der Waals surface area contributed by atoms with E-state index in [9.17, 15) is 9.59 Å². The second kappa shape index (κ2) is 7.75. The number of fused-ring (bicyclic) bond motifs is 1. The Hall–Kier alpha value is -2.14. The van der Waals surface area contributed by atoms with Crippen LogP contribution in [-0.4, -0.2) is 29.7 Å². The number of nitrogens with zero attached hydrogens (tertiary/aromatic N) is 1. The minimum atomic E-state index is -0.0710. The fourth-order valence-electron chi connectivity index (χ4n) is 2.23. The van der Waals surface area contributed by atoms with Gasteiger partial charge in [0.1, 0.15) is 6.54 Å². The zero-order valence-corrected chi connectivity index (χ0v) is 13.0. The number of ether oxygens (including phenoxy) is 1. The van der Waals surface area contributed by atoms with E-state index in [1.54, 1.807) is 16.8 Å². The Morgan fingerprint density at radius 3 is 2.82 bits per heavy atom. The van der Waals surface area contributed by atoms with Crippen LogP contribution in [0.2, 0.25) is 0 Å².